The van der Waals surface area contributed by atoms with E-state index >= 15 is 0 Å². The summed E-state index contributed by atoms with van der Waals surface area (Å²) in [5, 5.41) is 9.97. The molecule has 1 atom stereocenters. The van der Waals surface area contributed by atoms with E-state index in [2.05, 4.69) is 18.1 Å². The summed E-state index contributed by atoms with van der Waals surface area (Å²) in [4.78, 5) is 5.49. The largest absolute Gasteiger partial charge is 0.760 e. The zero-order valence-corrected chi connectivity index (χ0v) is 9.97. The fourth-order valence-electron chi connectivity index (χ4n) is 1.93. The number of nitrogens with one attached hydrogen (secondary N) is 1. The van der Waals surface area contributed by atoms with E-state index in [1.165, 1.54) is 4.90 Å². The van der Waals surface area contributed by atoms with Crippen LogP contribution in [0.4, 0.5) is 0 Å². The van der Waals surface area contributed by atoms with Crippen molar-refractivity contribution in [3.05, 3.63) is 16.7 Å². The minimum Gasteiger partial charge on any atom is -0.760 e. The predicted molar refractivity (Wildman–Crippen MR) is 59.4 cm³/mol. The molecule has 0 aliphatic carbocycles. The summed E-state index contributed by atoms with van der Waals surface area (Å²) >= 11 is 10.2. The van der Waals surface area contributed by atoms with Crippen molar-refractivity contribution in [2.24, 2.45) is 0 Å². The SMILES string of the molecule is C[NH+]1CCc2c(C#N)c([S-])nc([S-])c2C1. The summed E-state index contributed by atoms with van der Waals surface area (Å²) in [6.07, 6.45) is 0.875. The molecule has 1 aromatic heterocycles. The van der Waals surface area contributed by atoms with Crippen LogP contribution in [0.2, 0.25) is 0 Å². The fraction of sp³-hybridized carbons (Fsp3) is 0.400. The first kappa shape index (κ1) is 10.6. The Morgan fingerprint density at radius 3 is 2.73 bits per heavy atom. The highest BCUT2D eigenvalue weighted by atomic mass is 32.1. The Morgan fingerprint density at radius 1 is 1.33 bits per heavy atom. The lowest BCUT2D eigenvalue weighted by Gasteiger charge is -2.29. The van der Waals surface area contributed by atoms with E-state index in [9.17, 15) is 0 Å². The van der Waals surface area contributed by atoms with Crippen LogP contribution in [0.1, 0.15) is 16.7 Å². The molecular weight excluding hydrogens is 226 g/mol. The number of likely N-dealkylation sites (N-methyl/N-ethyl adjacent to an activating group) is 1. The minimum absolute atomic E-state index is 0.362. The summed E-state index contributed by atoms with van der Waals surface area (Å²) in [5.41, 5.74) is 2.63. The van der Waals surface area contributed by atoms with Gasteiger partial charge in [-0.05, 0) is 5.56 Å². The molecule has 0 saturated heterocycles. The second kappa shape index (κ2) is 3.89. The molecule has 2 heterocycles. The molecule has 2 rings (SSSR count). The highest BCUT2D eigenvalue weighted by molar-refractivity contribution is 7.59. The summed E-state index contributed by atoms with van der Waals surface area (Å²) in [7, 11) is 2.12. The number of quaternary nitrogens is 1. The van der Waals surface area contributed by atoms with Crippen LogP contribution in [0.15, 0.2) is 10.1 Å². The van der Waals surface area contributed by atoms with Crippen LogP contribution in [0.5, 0.6) is 0 Å². The van der Waals surface area contributed by atoms with E-state index in [1.807, 2.05) is 0 Å². The highest BCUT2D eigenvalue weighted by Crippen LogP contribution is 2.21. The molecule has 1 N–H and O–H groups in total. The number of hydrogen-bond acceptors (Lipinski definition) is 4. The van der Waals surface area contributed by atoms with Crippen LogP contribution in [0.25, 0.3) is 0 Å². The van der Waals surface area contributed by atoms with Crippen molar-refractivity contribution < 1.29 is 4.90 Å². The summed E-state index contributed by atoms with van der Waals surface area (Å²) in [6, 6.07) is 2.14. The molecule has 1 unspecified atom stereocenters. The van der Waals surface area contributed by atoms with Gasteiger partial charge in [0.05, 0.1) is 25.2 Å². The maximum atomic E-state index is 9.03. The maximum Gasteiger partial charge on any atom is 0.103 e. The molecule has 0 saturated carbocycles. The number of aromatic nitrogens is 1. The van der Waals surface area contributed by atoms with E-state index in [1.54, 1.807) is 0 Å². The Bertz CT molecular complexity index is 451. The Kier molecular flexibility index (Phi) is 2.74. The van der Waals surface area contributed by atoms with Crippen molar-refractivity contribution in [3.8, 4) is 6.07 Å². The van der Waals surface area contributed by atoms with E-state index in [0.717, 1.165) is 30.6 Å². The van der Waals surface area contributed by atoms with Gasteiger partial charge in [-0.1, -0.05) is 10.1 Å². The summed E-state index contributed by atoms with van der Waals surface area (Å²) in [6.45, 7) is 1.88. The van der Waals surface area contributed by atoms with Crippen LogP contribution < -0.4 is 4.90 Å². The van der Waals surface area contributed by atoms with Gasteiger partial charge in [-0.3, -0.25) is 0 Å². The lowest BCUT2D eigenvalue weighted by atomic mass is 9.98. The van der Waals surface area contributed by atoms with Gasteiger partial charge in [0.1, 0.15) is 6.54 Å². The lowest BCUT2D eigenvalue weighted by molar-refractivity contribution is -0.896. The smallest absolute Gasteiger partial charge is 0.103 e. The second-order valence-electron chi connectivity index (χ2n) is 3.80. The molecule has 0 fully saturated rings. The average Bonchev–Trinajstić information content (AvgIpc) is 2.19. The monoisotopic (exact) mass is 236 g/mol. The molecule has 1 aliphatic rings. The maximum absolute atomic E-state index is 9.03. The zero-order chi connectivity index (χ0) is 11.0. The Balaban J connectivity index is 2.63. The highest BCUT2D eigenvalue weighted by Gasteiger charge is 2.19. The molecular formula is C10H10N3S2-. The van der Waals surface area contributed by atoms with Crippen LogP contribution >= 0.6 is 0 Å². The van der Waals surface area contributed by atoms with Gasteiger partial charge < -0.3 is 35.1 Å². The number of nitriles is 1. The first-order chi connectivity index (χ1) is 7.13. The molecule has 0 aromatic carbocycles. The third-order valence-corrected chi connectivity index (χ3v) is 3.37. The Labute approximate surface area is 99.9 Å². The van der Waals surface area contributed by atoms with Gasteiger partial charge >= 0.3 is 0 Å². The number of nitrogens with zero attached hydrogens (tertiary/aromatic N) is 2. The van der Waals surface area contributed by atoms with Crippen molar-refractivity contribution in [2.45, 2.75) is 23.0 Å². The minimum atomic E-state index is 0.362. The van der Waals surface area contributed by atoms with Crippen molar-refractivity contribution in [2.75, 3.05) is 13.6 Å². The third kappa shape index (κ3) is 1.76. The number of fused-ring (bicyclic) bond motifs is 1. The van der Waals surface area contributed by atoms with Crippen molar-refractivity contribution in [1.29, 1.82) is 5.26 Å². The molecule has 3 nitrogen and oxygen atoms in total. The first-order valence-electron chi connectivity index (χ1n) is 4.74. The molecule has 0 radical (unpaired) electrons. The van der Waals surface area contributed by atoms with Crippen molar-refractivity contribution in [1.82, 2.24) is 4.98 Å². The number of pyridine rings is 1. The average molecular weight is 236 g/mol. The molecule has 15 heavy (non-hydrogen) atoms. The van der Waals surface area contributed by atoms with Crippen LogP contribution in [0, 0.1) is 11.3 Å². The van der Waals surface area contributed by atoms with E-state index in [0.29, 0.717) is 15.6 Å². The summed E-state index contributed by atoms with van der Waals surface area (Å²) in [5.74, 6) is 0. The van der Waals surface area contributed by atoms with Crippen LogP contribution in [0.3, 0.4) is 0 Å². The number of rotatable bonds is 0. The third-order valence-electron chi connectivity index (χ3n) is 2.73. The lowest BCUT2D eigenvalue weighted by Crippen LogP contribution is -3.08. The molecule has 0 bridgehead atoms. The Hall–Kier alpha value is -0.960. The number of hydrogen-bond donors (Lipinski definition) is 1. The Morgan fingerprint density at radius 2 is 2.07 bits per heavy atom. The van der Waals surface area contributed by atoms with Crippen molar-refractivity contribution in [3.63, 3.8) is 0 Å². The summed E-state index contributed by atoms with van der Waals surface area (Å²) < 4.78 is 0. The van der Waals surface area contributed by atoms with Crippen LogP contribution in [-0.2, 0) is 38.2 Å². The molecule has 5 heteroatoms. The molecule has 0 spiro atoms. The quantitative estimate of drug-likeness (QED) is 0.607. The van der Waals surface area contributed by atoms with E-state index in [4.69, 9.17) is 30.5 Å². The van der Waals surface area contributed by atoms with Gasteiger partial charge in [0, 0.05) is 12.0 Å². The first-order valence-corrected chi connectivity index (χ1v) is 5.56. The topological polar surface area (TPSA) is 41.1 Å². The molecule has 0 amide bonds. The van der Waals surface area contributed by atoms with E-state index in [-0.39, 0.29) is 0 Å². The van der Waals surface area contributed by atoms with Crippen LogP contribution in [-0.4, -0.2) is 18.6 Å². The molecule has 78 valence electrons. The molecule has 1 aromatic rings. The molecule has 1 aliphatic heterocycles. The predicted octanol–water partition coefficient (Wildman–Crippen LogP) is -0.664. The van der Waals surface area contributed by atoms with Gasteiger partial charge in [-0.2, -0.15) is 5.26 Å². The van der Waals surface area contributed by atoms with Gasteiger partial charge in [-0.25, -0.2) is 0 Å². The van der Waals surface area contributed by atoms with E-state index < -0.39 is 0 Å². The zero-order valence-electron chi connectivity index (χ0n) is 8.33. The second-order valence-corrected chi connectivity index (χ2v) is 4.57. The normalized spacial score (nSPS) is 19.3. The standard InChI is InChI=1S/C10H11N3S2/c1-13-3-2-6-7(4-11)9(14)12-10(15)8(6)5-13/h2-3,5H2,1H3,(H2,12,14,15)/p-1. The van der Waals surface area contributed by atoms with Gasteiger partial charge in [-0.15, -0.1) is 0 Å². The fourth-order valence-corrected chi connectivity index (χ4v) is 2.53. The van der Waals surface area contributed by atoms with Crippen molar-refractivity contribution >= 4 is 25.3 Å². The van der Waals surface area contributed by atoms with Gasteiger partial charge in [0.2, 0.25) is 0 Å². The van der Waals surface area contributed by atoms with Gasteiger partial charge in [0.25, 0.3) is 0 Å². The van der Waals surface area contributed by atoms with Gasteiger partial charge in [0.15, 0.2) is 0 Å².